The van der Waals surface area contributed by atoms with E-state index in [1.54, 1.807) is 12.4 Å². The van der Waals surface area contributed by atoms with Crippen molar-refractivity contribution in [2.24, 2.45) is 0 Å². The number of aryl methyl sites for hydroxylation is 2. The first-order valence-electron chi connectivity index (χ1n) is 6.26. The van der Waals surface area contributed by atoms with E-state index in [9.17, 15) is 4.79 Å². The number of aromatic nitrogens is 1. The number of carbonyl (C=O) groups excluding carboxylic acids is 1. The van der Waals surface area contributed by atoms with Gasteiger partial charge in [0.2, 0.25) is 0 Å². The maximum atomic E-state index is 12.3. The fraction of sp³-hybridized carbons (Fsp3) is 0.250. The maximum absolute atomic E-state index is 12.3. The molecule has 0 saturated heterocycles. The van der Waals surface area contributed by atoms with Crippen LogP contribution in [0.4, 0.5) is 0 Å². The summed E-state index contributed by atoms with van der Waals surface area (Å²) < 4.78 is 0. The lowest BCUT2D eigenvalue weighted by atomic mass is 9.99. The van der Waals surface area contributed by atoms with Crippen molar-refractivity contribution < 1.29 is 4.79 Å². The molecular formula is C16H17NO. The van der Waals surface area contributed by atoms with E-state index in [1.807, 2.05) is 37.3 Å². The first-order chi connectivity index (χ1) is 8.72. The lowest BCUT2D eigenvalue weighted by molar-refractivity contribution is 0.103. The SMILES string of the molecule is CCCc1ccc(C(=O)c2cnccc2C)cc1. The first-order valence-corrected chi connectivity index (χ1v) is 6.26. The third kappa shape index (κ3) is 2.65. The van der Waals surface area contributed by atoms with E-state index in [4.69, 9.17) is 0 Å². The van der Waals surface area contributed by atoms with Crippen molar-refractivity contribution in [3.63, 3.8) is 0 Å². The molecule has 0 amide bonds. The molecule has 1 heterocycles. The minimum atomic E-state index is 0.0450. The molecule has 18 heavy (non-hydrogen) atoms. The Morgan fingerprint density at radius 2 is 1.89 bits per heavy atom. The Morgan fingerprint density at radius 1 is 1.17 bits per heavy atom. The summed E-state index contributed by atoms with van der Waals surface area (Å²) in [4.78, 5) is 16.3. The zero-order valence-electron chi connectivity index (χ0n) is 10.8. The molecule has 0 N–H and O–H groups in total. The molecule has 0 spiro atoms. The second-order valence-corrected chi connectivity index (χ2v) is 4.47. The van der Waals surface area contributed by atoms with E-state index in [2.05, 4.69) is 11.9 Å². The average Bonchev–Trinajstić information content (AvgIpc) is 2.40. The Bertz CT molecular complexity index is 543. The minimum absolute atomic E-state index is 0.0450. The van der Waals surface area contributed by atoms with Gasteiger partial charge in [-0.3, -0.25) is 9.78 Å². The fourth-order valence-corrected chi connectivity index (χ4v) is 1.97. The molecule has 0 aliphatic heterocycles. The quantitative estimate of drug-likeness (QED) is 0.763. The Balaban J connectivity index is 2.27. The van der Waals surface area contributed by atoms with Crippen molar-refractivity contribution in [1.82, 2.24) is 4.98 Å². The Hall–Kier alpha value is -1.96. The molecular weight excluding hydrogens is 222 g/mol. The number of nitrogens with zero attached hydrogens (tertiary/aromatic N) is 1. The minimum Gasteiger partial charge on any atom is -0.289 e. The number of hydrogen-bond donors (Lipinski definition) is 0. The van der Waals surface area contributed by atoms with Crippen molar-refractivity contribution in [3.8, 4) is 0 Å². The smallest absolute Gasteiger partial charge is 0.194 e. The highest BCUT2D eigenvalue weighted by molar-refractivity contribution is 6.09. The number of pyridine rings is 1. The van der Waals surface area contributed by atoms with Gasteiger partial charge < -0.3 is 0 Å². The number of ketones is 1. The van der Waals surface area contributed by atoms with Crippen LogP contribution in [-0.2, 0) is 6.42 Å². The van der Waals surface area contributed by atoms with E-state index >= 15 is 0 Å². The molecule has 0 aliphatic carbocycles. The average molecular weight is 239 g/mol. The summed E-state index contributed by atoms with van der Waals surface area (Å²) in [5, 5.41) is 0. The van der Waals surface area contributed by atoms with Crippen molar-refractivity contribution in [2.45, 2.75) is 26.7 Å². The lowest BCUT2D eigenvalue weighted by Gasteiger charge is -2.05. The van der Waals surface area contributed by atoms with Crippen LogP contribution in [0.25, 0.3) is 0 Å². The van der Waals surface area contributed by atoms with Gasteiger partial charge in [-0.2, -0.15) is 0 Å². The second-order valence-electron chi connectivity index (χ2n) is 4.47. The number of hydrogen-bond acceptors (Lipinski definition) is 2. The van der Waals surface area contributed by atoms with Crippen molar-refractivity contribution >= 4 is 5.78 Å². The largest absolute Gasteiger partial charge is 0.289 e. The van der Waals surface area contributed by atoms with Gasteiger partial charge >= 0.3 is 0 Å². The van der Waals surface area contributed by atoms with Gasteiger partial charge in [-0.1, -0.05) is 37.6 Å². The van der Waals surface area contributed by atoms with E-state index in [-0.39, 0.29) is 5.78 Å². The second kappa shape index (κ2) is 5.58. The summed E-state index contributed by atoms with van der Waals surface area (Å²) in [6.45, 7) is 4.08. The summed E-state index contributed by atoms with van der Waals surface area (Å²) in [6.07, 6.45) is 5.52. The van der Waals surface area contributed by atoms with Gasteiger partial charge in [-0.25, -0.2) is 0 Å². The van der Waals surface area contributed by atoms with E-state index in [1.165, 1.54) is 5.56 Å². The zero-order valence-corrected chi connectivity index (χ0v) is 10.8. The van der Waals surface area contributed by atoms with E-state index < -0.39 is 0 Å². The van der Waals surface area contributed by atoms with Crippen LogP contribution >= 0.6 is 0 Å². The molecule has 2 heteroatoms. The highest BCUT2D eigenvalue weighted by Gasteiger charge is 2.11. The molecule has 1 aromatic carbocycles. The van der Waals surface area contributed by atoms with Crippen LogP contribution in [0, 0.1) is 6.92 Å². The monoisotopic (exact) mass is 239 g/mol. The molecule has 0 atom stereocenters. The number of benzene rings is 1. The van der Waals surface area contributed by atoms with Gasteiger partial charge in [0.1, 0.15) is 0 Å². The zero-order chi connectivity index (χ0) is 13.0. The van der Waals surface area contributed by atoms with Crippen LogP contribution in [0.15, 0.2) is 42.7 Å². The summed E-state index contributed by atoms with van der Waals surface area (Å²) in [5.41, 5.74) is 3.65. The van der Waals surface area contributed by atoms with Crippen molar-refractivity contribution in [3.05, 3.63) is 65.0 Å². The molecule has 0 bridgehead atoms. The predicted molar refractivity (Wildman–Crippen MR) is 72.8 cm³/mol. The maximum Gasteiger partial charge on any atom is 0.194 e. The van der Waals surface area contributed by atoms with Crippen LogP contribution in [-0.4, -0.2) is 10.8 Å². The van der Waals surface area contributed by atoms with Crippen molar-refractivity contribution in [2.75, 3.05) is 0 Å². The topological polar surface area (TPSA) is 30.0 Å². The van der Waals surface area contributed by atoms with E-state index in [0.717, 1.165) is 24.0 Å². The van der Waals surface area contributed by atoms with Crippen LogP contribution < -0.4 is 0 Å². The first kappa shape index (κ1) is 12.5. The summed E-state index contributed by atoms with van der Waals surface area (Å²) in [7, 11) is 0. The molecule has 1 aromatic heterocycles. The van der Waals surface area contributed by atoms with Gasteiger partial charge in [0.15, 0.2) is 5.78 Å². The van der Waals surface area contributed by atoms with Crippen LogP contribution in [0.2, 0.25) is 0 Å². The van der Waals surface area contributed by atoms with Gasteiger partial charge in [0, 0.05) is 23.5 Å². The molecule has 2 nitrogen and oxygen atoms in total. The molecule has 0 aliphatic rings. The molecule has 92 valence electrons. The number of rotatable bonds is 4. The fourth-order valence-electron chi connectivity index (χ4n) is 1.97. The third-order valence-corrected chi connectivity index (χ3v) is 3.04. The predicted octanol–water partition coefficient (Wildman–Crippen LogP) is 3.57. The van der Waals surface area contributed by atoms with Gasteiger partial charge in [-0.05, 0) is 30.5 Å². The molecule has 2 aromatic rings. The van der Waals surface area contributed by atoms with Crippen LogP contribution in [0.3, 0.4) is 0 Å². The van der Waals surface area contributed by atoms with Crippen molar-refractivity contribution in [1.29, 1.82) is 0 Å². The summed E-state index contributed by atoms with van der Waals surface area (Å²) >= 11 is 0. The highest BCUT2D eigenvalue weighted by Crippen LogP contribution is 2.14. The van der Waals surface area contributed by atoms with Gasteiger partial charge in [-0.15, -0.1) is 0 Å². The van der Waals surface area contributed by atoms with Gasteiger partial charge in [0.05, 0.1) is 0 Å². The molecule has 0 unspecified atom stereocenters. The van der Waals surface area contributed by atoms with Crippen LogP contribution in [0.1, 0.15) is 40.4 Å². The lowest BCUT2D eigenvalue weighted by Crippen LogP contribution is -2.04. The van der Waals surface area contributed by atoms with E-state index in [0.29, 0.717) is 5.56 Å². The molecule has 0 radical (unpaired) electrons. The Kier molecular flexibility index (Phi) is 3.88. The summed E-state index contributed by atoms with van der Waals surface area (Å²) in [5.74, 6) is 0.0450. The highest BCUT2D eigenvalue weighted by atomic mass is 16.1. The van der Waals surface area contributed by atoms with Crippen LogP contribution in [0.5, 0.6) is 0 Å². The molecule has 0 saturated carbocycles. The molecule has 2 rings (SSSR count). The normalized spacial score (nSPS) is 10.3. The standard InChI is InChI=1S/C16H17NO/c1-3-4-13-5-7-14(8-6-13)16(18)15-11-17-10-9-12(15)2/h5-11H,3-4H2,1-2H3. The number of carbonyl (C=O) groups is 1. The Morgan fingerprint density at radius 3 is 2.50 bits per heavy atom. The van der Waals surface area contributed by atoms with Gasteiger partial charge in [0.25, 0.3) is 0 Å². The third-order valence-electron chi connectivity index (χ3n) is 3.04. The molecule has 0 fully saturated rings. The summed E-state index contributed by atoms with van der Waals surface area (Å²) in [6, 6.07) is 9.73. The Labute approximate surface area is 108 Å².